The fraction of sp³-hybridized carbons (Fsp3) is 0.600. The second-order valence-electron chi connectivity index (χ2n) is 7.02. The summed E-state index contributed by atoms with van der Waals surface area (Å²) in [5.41, 5.74) is -0.0355. The average Bonchev–Trinajstić information content (AvgIpc) is 2.74. The highest BCUT2D eigenvalue weighted by Crippen LogP contribution is 2.32. The molecule has 0 aromatic heterocycles. The van der Waals surface area contributed by atoms with Crippen molar-refractivity contribution in [2.75, 3.05) is 45.3 Å². The van der Waals surface area contributed by atoms with Crippen molar-refractivity contribution in [2.24, 2.45) is 0 Å². The van der Waals surface area contributed by atoms with Crippen molar-refractivity contribution >= 4 is 17.5 Å². The molecule has 1 aromatic rings. The smallest absolute Gasteiger partial charge is 0.260 e. The summed E-state index contributed by atoms with van der Waals surface area (Å²) in [6.07, 6.45) is 4.66. The highest BCUT2D eigenvalue weighted by molar-refractivity contribution is 5.97. The molecule has 0 spiro atoms. The Labute approximate surface area is 160 Å². The molecule has 2 fully saturated rings. The largest absolute Gasteiger partial charge is 0.484 e. The Morgan fingerprint density at radius 2 is 1.78 bits per heavy atom. The summed E-state index contributed by atoms with van der Waals surface area (Å²) >= 11 is 0. The highest BCUT2D eigenvalue weighted by Gasteiger charge is 2.39. The zero-order chi connectivity index (χ0) is 19.1. The molecule has 1 aliphatic heterocycles. The van der Waals surface area contributed by atoms with Crippen molar-refractivity contribution in [3.05, 3.63) is 24.3 Å². The molecule has 2 amide bonds. The average molecular weight is 376 g/mol. The van der Waals surface area contributed by atoms with Crippen molar-refractivity contribution in [3.63, 3.8) is 0 Å². The third-order valence-electron chi connectivity index (χ3n) is 5.30. The maximum absolute atomic E-state index is 12.7. The van der Waals surface area contributed by atoms with Crippen LogP contribution in [0.1, 0.15) is 32.1 Å². The van der Waals surface area contributed by atoms with Crippen LogP contribution in [0.2, 0.25) is 0 Å². The number of carbonyl (C=O) groups excluding carboxylic acids is 2. The van der Waals surface area contributed by atoms with Crippen LogP contribution >= 0.6 is 0 Å². The minimum absolute atomic E-state index is 0.00150. The zero-order valence-electron chi connectivity index (χ0n) is 15.9. The number of hydrogen-bond acceptors (Lipinski definition) is 5. The lowest BCUT2D eigenvalue weighted by Gasteiger charge is -2.34. The predicted octanol–water partition coefficient (Wildman–Crippen LogP) is 2.21. The molecule has 7 nitrogen and oxygen atoms in total. The van der Waals surface area contributed by atoms with Crippen LogP contribution in [0.3, 0.4) is 0 Å². The van der Waals surface area contributed by atoms with E-state index in [9.17, 15) is 9.59 Å². The Morgan fingerprint density at radius 3 is 2.41 bits per heavy atom. The number of nitrogens with zero attached hydrogens (tertiary/aromatic N) is 1. The first kappa shape index (κ1) is 19.6. The Kier molecular flexibility index (Phi) is 6.68. The molecule has 1 heterocycles. The molecule has 0 unspecified atom stereocenters. The Bertz CT molecular complexity index is 634. The minimum Gasteiger partial charge on any atom is -0.484 e. The Hall–Kier alpha value is -2.12. The van der Waals surface area contributed by atoms with Crippen LogP contribution < -0.4 is 10.1 Å². The number of hydrogen-bond donors (Lipinski definition) is 1. The van der Waals surface area contributed by atoms with Gasteiger partial charge in [-0.25, -0.2) is 0 Å². The number of rotatable bonds is 6. The summed E-state index contributed by atoms with van der Waals surface area (Å²) in [5.74, 6) is 0.449. The molecule has 3 rings (SSSR count). The van der Waals surface area contributed by atoms with E-state index < -0.39 is 5.60 Å². The number of benzene rings is 1. The number of ether oxygens (including phenoxy) is 3. The van der Waals surface area contributed by atoms with Gasteiger partial charge in [0.15, 0.2) is 6.61 Å². The minimum atomic E-state index is -0.724. The van der Waals surface area contributed by atoms with Crippen LogP contribution in [0.5, 0.6) is 5.75 Å². The number of nitrogens with one attached hydrogen (secondary N) is 1. The van der Waals surface area contributed by atoms with Crippen molar-refractivity contribution in [1.29, 1.82) is 0 Å². The van der Waals surface area contributed by atoms with E-state index in [2.05, 4.69) is 5.32 Å². The molecule has 7 heteroatoms. The quantitative estimate of drug-likeness (QED) is 0.824. The Morgan fingerprint density at radius 1 is 1.11 bits per heavy atom. The summed E-state index contributed by atoms with van der Waals surface area (Å²) in [7, 11) is 1.60. The molecule has 1 aromatic carbocycles. The fourth-order valence-corrected chi connectivity index (χ4v) is 3.58. The number of anilines is 1. The predicted molar refractivity (Wildman–Crippen MR) is 101 cm³/mol. The van der Waals surface area contributed by atoms with E-state index in [1.807, 2.05) is 0 Å². The maximum atomic E-state index is 12.7. The van der Waals surface area contributed by atoms with Crippen molar-refractivity contribution in [2.45, 2.75) is 37.7 Å². The van der Waals surface area contributed by atoms with Crippen molar-refractivity contribution < 1.29 is 23.8 Å². The van der Waals surface area contributed by atoms with Crippen molar-refractivity contribution in [3.8, 4) is 5.75 Å². The molecule has 27 heavy (non-hydrogen) atoms. The third-order valence-corrected chi connectivity index (χ3v) is 5.30. The number of carbonyl (C=O) groups is 2. The molecule has 0 bridgehead atoms. The molecular weight excluding hydrogens is 348 g/mol. The van der Waals surface area contributed by atoms with Gasteiger partial charge in [-0.15, -0.1) is 0 Å². The SMILES string of the molecule is COC1(C(=O)Nc2ccc(OCC(=O)N3CCOCC3)cc2)CCCCC1. The van der Waals surface area contributed by atoms with Crippen LogP contribution in [-0.2, 0) is 19.1 Å². The number of morpholine rings is 1. The topological polar surface area (TPSA) is 77.1 Å². The molecule has 1 N–H and O–H groups in total. The fourth-order valence-electron chi connectivity index (χ4n) is 3.58. The lowest BCUT2D eigenvalue weighted by molar-refractivity contribution is -0.141. The van der Waals surface area contributed by atoms with Gasteiger partial charge in [-0.05, 0) is 37.1 Å². The van der Waals surface area contributed by atoms with Crippen molar-refractivity contribution in [1.82, 2.24) is 4.90 Å². The van der Waals surface area contributed by atoms with Gasteiger partial charge in [-0.3, -0.25) is 9.59 Å². The number of amides is 2. The lowest BCUT2D eigenvalue weighted by atomic mass is 9.84. The standard InChI is InChI=1S/C20H28N2O5/c1-25-20(9-3-2-4-10-20)19(24)21-16-5-7-17(8-6-16)27-15-18(23)22-11-13-26-14-12-22/h5-8H,2-4,9-15H2,1H3,(H,21,24). The van der Waals surface area contributed by atoms with Gasteiger partial charge in [-0.2, -0.15) is 0 Å². The van der Waals surface area contributed by atoms with E-state index in [0.29, 0.717) is 37.7 Å². The first-order chi connectivity index (χ1) is 13.1. The summed E-state index contributed by atoms with van der Waals surface area (Å²) in [6.45, 7) is 2.35. The molecule has 1 saturated carbocycles. The monoisotopic (exact) mass is 376 g/mol. The second kappa shape index (κ2) is 9.19. The molecule has 1 aliphatic carbocycles. The molecule has 148 valence electrons. The summed E-state index contributed by atoms with van der Waals surface area (Å²) < 4.78 is 16.4. The third kappa shape index (κ3) is 4.99. The van der Waals surface area contributed by atoms with Crippen LogP contribution in [0.15, 0.2) is 24.3 Å². The van der Waals surface area contributed by atoms with Gasteiger partial charge in [0, 0.05) is 25.9 Å². The first-order valence-electron chi connectivity index (χ1n) is 9.58. The molecule has 0 atom stereocenters. The van der Waals surface area contributed by atoms with Crippen LogP contribution in [0.4, 0.5) is 5.69 Å². The Balaban J connectivity index is 1.50. The molecule has 0 radical (unpaired) electrons. The second-order valence-corrected chi connectivity index (χ2v) is 7.02. The van der Waals surface area contributed by atoms with E-state index in [4.69, 9.17) is 14.2 Å². The van der Waals surface area contributed by atoms with E-state index in [0.717, 1.165) is 32.1 Å². The van der Waals surface area contributed by atoms with E-state index in [-0.39, 0.29) is 18.4 Å². The van der Waals surface area contributed by atoms with E-state index in [1.54, 1.807) is 36.3 Å². The highest BCUT2D eigenvalue weighted by atomic mass is 16.5. The molecule has 2 aliphatic rings. The van der Waals surface area contributed by atoms with E-state index in [1.165, 1.54) is 0 Å². The number of methoxy groups -OCH3 is 1. The lowest BCUT2D eigenvalue weighted by Crippen LogP contribution is -2.46. The van der Waals surface area contributed by atoms with Gasteiger partial charge in [-0.1, -0.05) is 19.3 Å². The summed E-state index contributed by atoms with van der Waals surface area (Å²) in [4.78, 5) is 26.5. The van der Waals surface area contributed by atoms with E-state index >= 15 is 0 Å². The normalized spacial score (nSPS) is 19.4. The van der Waals surface area contributed by atoms with Gasteiger partial charge in [0.25, 0.3) is 11.8 Å². The van der Waals surface area contributed by atoms with Crippen LogP contribution in [0.25, 0.3) is 0 Å². The summed E-state index contributed by atoms with van der Waals surface area (Å²) in [5, 5.41) is 2.94. The van der Waals surface area contributed by atoms with Gasteiger partial charge in [0.05, 0.1) is 13.2 Å². The molecular formula is C20H28N2O5. The summed E-state index contributed by atoms with van der Waals surface area (Å²) in [6, 6.07) is 7.06. The van der Waals surface area contributed by atoms with Gasteiger partial charge in [0.2, 0.25) is 0 Å². The first-order valence-corrected chi connectivity index (χ1v) is 9.58. The zero-order valence-corrected chi connectivity index (χ0v) is 15.9. The van der Waals surface area contributed by atoms with Gasteiger partial charge in [0.1, 0.15) is 11.4 Å². The van der Waals surface area contributed by atoms with Gasteiger partial charge < -0.3 is 24.4 Å². The van der Waals surface area contributed by atoms with Gasteiger partial charge >= 0.3 is 0 Å². The maximum Gasteiger partial charge on any atom is 0.260 e. The van der Waals surface area contributed by atoms with Crippen LogP contribution in [-0.4, -0.2) is 62.3 Å². The van der Waals surface area contributed by atoms with Crippen LogP contribution in [0, 0.1) is 0 Å². The molecule has 1 saturated heterocycles.